The standard InChI is InChI=1S/C10H16F4O2/c1-3-7(2)9(15)16-5-4-10(13,14)6-8(11)12/h7-8H,3-6H2,1-2H3. The molecule has 0 aliphatic heterocycles. The highest BCUT2D eigenvalue weighted by atomic mass is 19.3. The lowest BCUT2D eigenvalue weighted by molar-refractivity contribution is -0.151. The maximum absolute atomic E-state index is 12.7. The van der Waals surface area contributed by atoms with Crippen LogP contribution < -0.4 is 0 Å². The van der Waals surface area contributed by atoms with Gasteiger partial charge in [0.05, 0.1) is 18.9 Å². The fourth-order valence-electron chi connectivity index (χ4n) is 0.938. The third kappa shape index (κ3) is 6.63. The van der Waals surface area contributed by atoms with Gasteiger partial charge in [0.2, 0.25) is 6.43 Å². The molecule has 16 heavy (non-hydrogen) atoms. The van der Waals surface area contributed by atoms with Crippen molar-refractivity contribution in [3.8, 4) is 0 Å². The van der Waals surface area contributed by atoms with Crippen molar-refractivity contribution in [2.45, 2.75) is 45.5 Å². The molecule has 1 unspecified atom stereocenters. The summed E-state index contributed by atoms with van der Waals surface area (Å²) in [6.45, 7) is 2.85. The van der Waals surface area contributed by atoms with Gasteiger partial charge in [-0.05, 0) is 6.42 Å². The molecule has 2 nitrogen and oxygen atoms in total. The van der Waals surface area contributed by atoms with Crippen LogP contribution in [-0.2, 0) is 9.53 Å². The lowest BCUT2D eigenvalue weighted by atomic mass is 10.1. The van der Waals surface area contributed by atoms with Gasteiger partial charge >= 0.3 is 5.97 Å². The van der Waals surface area contributed by atoms with Crippen molar-refractivity contribution in [1.29, 1.82) is 0 Å². The molecular weight excluding hydrogens is 228 g/mol. The summed E-state index contributed by atoms with van der Waals surface area (Å²) >= 11 is 0. The summed E-state index contributed by atoms with van der Waals surface area (Å²) in [4.78, 5) is 11.1. The number of carbonyl (C=O) groups excluding carboxylic acids is 1. The van der Waals surface area contributed by atoms with E-state index in [0.29, 0.717) is 6.42 Å². The van der Waals surface area contributed by atoms with Crippen LogP contribution in [0, 0.1) is 5.92 Å². The third-order valence-electron chi connectivity index (χ3n) is 2.18. The van der Waals surface area contributed by atoms with Crippen LogP contribution in [0.5, 0.6) is 0 Å². The van der Waals surface area contributed by atoms with E-state index in [1.165, 1.54) is 0 Å². The van der Waals surface area contributed by atoms with E-state index in [-0.39, 0.29) is 5.92 Å². The molecule has 0 spiro atoms. The van der Waals surface area contributed by atoms with Gasteiger partial charge in [-0.3, -0.25) is 4.79 Å². The molecule has 0 saturated heterocycles. The lowest BCUT2D eigenvalue weighted by Gasteiger charge is -2.16. The van der Waals surface area contributed by atoms with Crippen LogP contribution in [0.15, 0.2) is 0 Å². The first-order chi connectivity index (χ1) is 7.28. The highest BCUT2D eigenvalue weighted by Gasteiger charge is 2.33. The van der Waals surface area contributed by atoms with Crippen LogP contribution in [0.1, 0.15) is 33.1 Å². The Morgan fingerprint density at radius 1 is 1.38 bits per heavy atom. The van der Waals surface area contributed by atoms with Gasteiger partial charge in [0.1, 0.15) is 0 Å². The predicted molar refractivity (Wildman–Crippen MR) is 50.6 cm³/mol. The summed E-state index contributed by atoms with van der Waals surface area (Å²) in [5.74, 6) is -4.41. The Labute approximate surface area is 92.0 Å². The Morgan fingerprint density at radius 2 is 1.94 bits per heavy atom. The van der Waals surface area contributed by atoms with Crippen LogP contribution >= 0.6 is 0 Å². The van der Waals surface area contributed by atoms with Gasteiger partial charge in [-0.2, -0.15) is 0 Å². The highest BCUT2D eigenvalue weighted by Crippen LogP contribution is 2.26. The van der Waals surface area contributed by atoms with Crippen molar-refractivity contribution >= 4 is 5.97 Å². The molecule has 0 heterocycles. The van der Waals surface area contributed by atoms with Crippen molar-refractivity contribution in [2.75, 3.05) is 6.61 Å². The van der Waals surface area contributed by atoms with E-state index < -0.39 is 37.8 Å². The Balaban J connectivity index is 3.84. The fourth-order valence-corrected chi connectivity index (χ4v) is 0.938. The second-order valence-corrected chi connectivity index (χ2v) is 3.68. The van der Waals surface area contributed by atoms with Crippen molar-refractivity contribution in [2.24, 2.45) is 5.92 Å². The zero-order valence-electron chi connectivity index (χ0n) is 9.31. The first-order valence-corrected chi connectivity index (χ1v) is 5.11. The predicted octanol–water partition coefficient (Wildman–Crippen LogP) is 3.26. The zero-order chi connectivity index (χ0) is 12.8. The van der Waals surface area contributed by atoms with Crippen molar-refractivity contribution in [1.82, 2.24) is 0 Å². The van der Waals surface area contributed by atoms with Crippen molar-refractivity contribution in [3.05, 3.63) is 0 Å². The molecule has 0 rings (SSSR count). The topological polar surface area (TPSA) is 26.3 Å². The largest absolute Gasteiger partial charge is 0.465 e. The van der Waals surface area contributed by atoms with Crippen molar-refractivity contribution < 1.29 is 27.1 Å². The van der Waals surface area contributed by atoms with Gasteiger partial charge < -0.3 is 4.74 Å². The molecule has 6 heteroatoms. The second kappa shape index (κ2) is 6.70. The van der Waals surface area contributed by atoms with E-state index in [9.17, 15) is 22.4 Å². The first-order valence-electron chi connectivity index (χ1n) is 5.11. The molecule has 0 aliphatic carbocycles. The minimum absolute atomic E-state index is 0.358. The molecular formula is C10H16F4O2. The lowest BCUT2D eigenvalue weighted by Crippen LogP contribution is -2.24. The first kappa shape index (κ1) is 15.2. The maximum atomic E-state index is 12.7. The SMILES string of the molecule is CCC(C)C(=O)OCCC(F)(F)CC(F)F. The molecule has 0 aromatic rings. The molecule has 96 valence electrons. The quantitative estimate of drug-likeness (QED) is 0.507. The molecule has 0 N–H and O–H groups in total. The maximum Gasteiger partial charge on any atom is 0.308 e. The number of esters is 1. The van der Waals surface area contributed by atoms with E-state index >= 15 is 0 Å². The number of hydrogen-bond acceptors (Lipinski definition) is 2. The molecule has 0 bridgehead atoms. The molecule has 0 aromatic heterocycles. The van der Waals surface area contributed by atoms with E-state index in [2.05, 4.69) is 4.74 Å². The molecule has 0 aromatic carbocycles. The zero-order valence-corrected chi connectivity index (χ0v) is 9.31. The van der Waals surface area contributed by atoms with E-state index in [1.807, 2.05) is 0 Å². The summed E-state index contributed by atoms with van der Waals surface area (Å²) < 4.78 is 53.4. The summed E-state index contributed by atoms with van der Waals surface area (Å²) in [6.07, 6.45) is -4.86. The van der Waals surface area contributed by atoms with E-state index in [0.717, 1.165) is 0 Å². The Kier molecular flexibility index (Phi) is 6.36. The third-order valence-corrected chi connectivity index (χ3v) is 2.18. The van der Waals surface area contributed by atoms with Crippen LogP contribution in [0.2, 0.25) is 0 Å². The Bertz CT molecular complexity index is 219. The number of hydrogen-bond donors (Lipinski definition) is 0. The van der Waals surface area contributed by atoms with Crippen LogP contribution in [-0.4, -0.2) is 24.9 Å². The summed E-state index contributed by atoms with van der Waals surface area (Å²) in [5.41, 5.74) is 0. The smallest absolute Gasteiger partial charge is 0.308 e. The number of halogens is 4. The Morgan fingerprint density at radius 3 is 2.38 bits per heavy atom. The van der Waals surface area contributed by atoms with Gasteiger partial charge in [0, 0.05) is 6.42 Å². The minimum atomic E-state index is -3.48. The highest BCUT2D eigenvalue weighted by molar-refractivity contribution is 5.71. The monoisotopic (exact) mass is 244 g/mol. The molecule has 0 fully saturated rings. The fraction of sp³-hybridized carbons (Fsp3) is 0.900. The molecule has 1 atom stereocenters. The average Bonchev–Trinajstić information content (AvgIpc) is 2.13. The summed E-state index contributed by atoms with van der Waals surface area (Å²) in [5, 5.41) is 0. The number of ether oxygens (including phenoxy) is 1. The molecule has 0 amide bonds. The Hall–Kier alpha value is -0.810. The van der Waals surface area contributed by atoms with Crippen molar-refractivity contribution in [3.63, 3.8) is 0 Å². The van der Waals surface area contributed by atoms with Gasteiger partial charge in [0.15, 0.2) is 0 Å². The number of alkyl halides is 4. The van der Waals surface area contributed by atoms with Gasteiger partial charge in [0.25, 0.3) is 5.92 Å². The molecule has 0 saturated carbocycles. The average molecular weight is 244 g/mol. The van der Waals surface area contributed by atoms with Crippen LogP contribution in [0.25, 0.3) is 0 Å². The molecule has 0 radical (unpaired) electrons. The van der Waals surface area contributed by atoms with Gasteiger partial charge in [-0.1, -0.05) is 13.8 Å². The summed E-state index contributed by atoms with van der Waals surface area (Å²) in [7, 11) is 0. The number of carbonyl (C=O) groups is 1. The van der Waals surface area contributed by atoms with Gasteiger partial charge in [-0.15, -0.1) is 0 Å². The van der Waals surface area contributed by atoms with Crippen LogP contribution in [0.3, 0.4) is 0 Å². The number of rotatable bonds is 7. The summed E-state index contributed by atoms with van der Waals surface area (Å²) in [6, 6.07) is 0. The van der Waals surface area contributed by atoms with Gasteiger partial charge in [-0.25, -0.2) is 17.6 Å². The normalized spacial score (nSPS) is 13.9. The van der Waals surface area contributed by atoms with E-state index in [4.69, 9.17) is 0 Å². The van der Waals surface area contributed by atoms with Crippen LogP contribution in [0.4, 0.5) is 17.6 Å². The minimum Gasteiger partial charge on any atom is -0.465 e. The second-order valence-electron chi connectivity index (χ2n) is 3.68. The van der Waals surface area contributed by atoms with E-state index in [1.54, 1.807) is 13.8 Å². The molecule has 0 aliphatic rings.